The Morgan fingerprint density at radius 2 is 1.90 bits per heavy atom. The third kappa shape index (κ3) is 4.62. The first-order valence-electron chi connectivity index (χ1n) is 7.02. The van der Waals surface area contributed by atoms with E-state index in [4.69, 9.17) is 6.42 Å². The van der Waals surface area contributed by atoms with Crippen LogP contribution in [0.5, 0.6) is 0 Å². The minimum absolute atomic E-state index is 0.0436. The SMILES string of the molecule is C#CC(=O)N1CCCN(CC(=O)Nc2ccccc2)CC1. The van der Waals surface area contributed by atoms with Crippen molar-refractivity contribution in [3.05, 3.63) is 30.3 Å². The molecule has 0 bridgehead atoms. The van der Waals surface area contributed by atoms with Gasteiger partial charge in [0.25, 0.3) is 5.91 Å². The molecule has 2 rings (SSSR count). The Bertz CT molecular complexity index is 536. The van der Waals surface area contributed by atoms with Crippen LogP contribution in [-0.4, -0.2) is 54.3 Å². The predicted octanol–water partition coefficient (Wildman–Crippen LogP) is 0.793. The standard InChI is InChI=1S/C16H19N3O2/c1-2-16(21)19-10-6-9-18(11-12-19)13-15(20)17-14-7-4-3-5-8-14/h1,3-5,7-8H,6,9-13H2,(H,17,20). The van der Waals surface area contributed by atoms with Crippen molar-refractivity contribution < 1.29 is 9.59 Å². The van der Waals surface area contributed by atoms with Crippen molar-refractivity contribution in [1.82, 2.24) is 9.80 Å². The van der Waals surface area contributed by atoms with Crippen LogP contribution in [0.15, 0.2) is 30.3 Å². The molecule has 0 spiro atoms. The molecule has 0 aromatic heterocycles. The highest BCUT2D eigenvalue weighted by Gasteiger charge is 2.19. The van der Waals surface area contributed by atoms with Crippen LogP contribution in [0, 0.1) is 12.3 Å². The first kappa shape index (κ1) is 15.1. The first-order chi connectivity index (χ1) is 10.2. The van der Waals surface area contributed by atoms with E-state index >= 15 is 0 Å². The lowest BCUT2D eigenvalue weighted by atomic mass is 10.3. The van der Waals surface area contributed by atoms with Gasteiger partial charge >= 0.3 is 0 Å². The molecule has 5 nitrogen and oxygen atoms in total. The van der Waals surface area contributed by atoms with Crippen LogP contribution in [0.2, 0.25) is 0 Å². The third-order valence-corrected chi connectivity index (χ3v) is 3.42. The molecule has 21 heavy (non-hydrogen) atoms. The number of carbonyl (C=O) groups is 2. The van der Waals surface area contributed by atoms with Gasteiger partial charge in [0.15, 0.2) is 0 Å². The lowest BCUT2D eigenvalue weighted by Gasteiger charge is -2.20. The molecule has 0 radical (unpaired) electrons. The monoisotopic (exact) mass is 285 g/mol. The fourth-order valence-corrected chi connectivity index (χ4v) is 2.35. The number of para-hydroxylation sites is 1. The van der Waals surface area contributed by atoms with Crippen molar-refractivity contribution in [3.63, 3.8) is 0 Å². The average molecular weight is 285 g/mol. The molecule has 1 heterocycles. The number of amides is 2. The lowest BCUT2D eigenvalue weighted by molar-refractivity contribution is -0.124. The quantitative estimate of drug-likeness (QED) is 0.836. The molecule has 0 saturated carbocycles. The van der Waals surface area contributed by atoms with Gasteiger partial charge in [-0.05, 0) is 24.5 Å². The van der Waals surface area contributed by atoms with Gasteiger partial charge in [0, 0.05) is 31.9 Å². The summed E-state index contributed by atoms with van der Waals surface area (Å²) in [6.07, 6.45) is 5.96. The fourth-order valence-electron chi connectivity index (χ4n) is 2.35. The summed E-state index contributed by atoms with van der Waals surface area (Å²) in [5, 5.41) is 2.86. The summed E-state index contributed by atoms with van der Waals surface area (Å²) < 4.78 is 0. The molecule has 1 N–H and O–H groups in total. The molecule has 1 saturated heterocycles. The zero-order valence-electron chi connectivity index (χ0n) is 11.9. The van der Waals surface area contributed by atoms with Crippen LogP contribution < -0.4 is 5.32 Å². The van der Waals surface area contributed by atoms with Gasteiger partial charge in [-0.3, -0.25) is 14.5 Å². The van der Waals surface area contributed by atoms with Crippen molar-refractivity contribution in [2.45, 2.75) is 6.42 Å². The number of nitrogens with zero attached hydrogens (tertiary/aromatic N) is 2. The van der Waals surface area contributed by atoms with E-state index in [0.29, 0.717) is 26.2 Å². The number of hydrogen-bond donors (Lipinski definition) is 1. The molecule has 1 aliphatic rings. The van der Waals surface area contributed by atoms with Crippen LogP contribution in [0.3, 0.4) is 0 Å². The van der Waals surface area contributed by atoms with E-state index in [1.54, 1.807) is 4.90 Å². The van der Waals surface area contributed by atoms with Crippen molar-refractivity contribution in [2.75, 3.05) is 38.0 Å². The Morgan fingerprint density at radius 1 is 1.14 bits per heavy atom. The lowest BCUT2D eigenvalue weighted by Crippen LogP contribution is -2.37. The number of carbonyl (C=O) groups excluding carboxylic acids is 2. The second-order valence-corrected chi connectivity index (χ2v) is 4.98. The number of nitrogens with one attached hydrogen (secondary N) is 1. The molecule has 0 atom stereocenters. The Balaban J connectivity index is 1.82. The number of rotatable bonds is 3. The Hall–Kier alpha value is -2.32. The molecule has 0 unspecified atom stereocenters. The topological polar surface area (TPSA) is 52.7 Å². The van der Waals surface area contributed by atoms with Crippen LogP contribution in [0.4, 0.5) is 5.69 Å². The Morgan fingerprint density at radius 3 is 2.62 bits per heavy atom. The minimum atomic E-state index is -0.273. The van der Waals surface area contributed by atoms with E-state index < -0.39 is 0 Å². The maximum atomic E-state index is 12.0. The van der Waals surface area contributed by atoms with Crippen molar-refractivity contribution in [3.8, 4) is 12.3 Å². The highest BCUT2D eigenvalue weighted by atomic mass is 16.2. The number of benzene rings is 1. The molecule has 0 aliphatic carbocycles. The zero-order valence-corrected chi connectivity index (χ0v) is 11.9. The van der Waals surface area contributed by atoms with Crippen LogP contribution in [-0.2, 0) is 9.59 Å². The molecule has 1 fully saturated rings. The van der Waals surface area contributed by atoms with E-state index in [1.807, 2.05) is 35.2 Å². The smallest absolute Gasteiger partial charge is 0.298 e. The first-order valence-corrected chi connectivity index (χ1v) is 7.02. The van der Waals surface area contributed by atoms with Gasteiger partial charge in [0.2, 0.25) is 5.91 Å². The van der Waals surface area contributed by atoms with E-state index in [0.717, 1.165) is 18.7 Å². The minimum Gasteiger partial charge on any atom is -0.331 e. The van der Waals surface area contributed by atoms with Gasteiger partial charge in [-0.15, -0.1) is 6.42 Å². The molecule has 1 aromatic carbocycles. The summed E-state index contributed by atoms with van der Waals surface area (Å²) in [6, 6.07) is 9.37. The second-order valence-electron chi connectivity index (χ2n) is 4.98. The molecule has 2 amide bonds. The van der Waals surface area contributed by atoms with Crippen LogP contribution >= 0.6 is 0 Å². The van der Waals surface area contributed by atoms with Gasteiger partial charge in [0.05, 0.1) is 6.54 Å². The summed E-state index contributed by atoms with van der Waals surface area (Å²) in [4.78, 5) is 27.2. The van der Waals surface area contributed by atoms with E-state index in [-0.39, 0.29) is 11.8 Å². The van der Waals surface area contributed by atoms with E-state index in [1.165, 1.54) is 0 Å². The molecule has 110 valence electrons. The Kier molecular flexibility index (Phi) is 5.35. The maximum Gasteiger partial charge on any atom is 0.298 e. The van der Waals surface area contributed by atoms with Gasteiger partial charge < -0.3 is 10.2 Å². The van der Waals surface area contributed by atoms with Crippen molar-refractivity contribution >= 4 is 17.5 Å². The molecular formula is C16H19N3O2. The summed E-state index contributed by atoms with van der Waals surface area (Å²) in [7, 11) is 0. The Labute approximate surface area is 124 Å². The maximum absolute atomic E-state index is 12.0. The van der Waals surface area contributed by atoms with Crippen LogP contribution in [0.1, 0.15) is 6.42 Å². The summed E-state index contributed by atoms with van der Waals surface area (Å²) in [6.45, 7) is 3.00. The normalized spacial score (nSPS) is 15.9. The summed E-state index contributed by atoms with van der Waals surface area (Å²) >= 11 is 0. The fraction of sp³-hybridized carbons (Fsp3) is 0.375. The molecular weight excluding hydrogens is 266 g/mol. The van der Waals surface area contributed by atoms with Gasteiger partial charge in [-0.25, -0.2) is 0 Å². The number of hydrogen-bond acceptors (Lipinski definition) is 3. The average Bonchev–Trinajstić information content (AvgIpc) is 2.73. The highest BCUT2D eigenvalue weighted by molar-refractivity contribution is 5.93. The highest BCUT2D eigenvalue weighted by Crippen LogP contribution is 2.07. The number of terminal acetylenes is 1. The van der Waals surface area contributed by atoms with Gasteiger partial charge in [-0.1, -0.05) is 18.2 Å². The van der Waals surface area contributed by atoms with Gasteiger partial charge in [0.1, 0.15) is 0 Å². The molecule has 5 heteroatoms. The predicted molar refractivity (Wildman–Crippen MR) is 81.5 cm³/mol. The van der Waals surface area contributed by atoms with Crippen molar-refractivity contribution in [2.24, 2.45) is 0 Å². The second kappa shape index (κ2) is 7.46. The largest absolute Gasteiger partial charge is 0.331 e. The molecule has 1 aromatic rings. The third-order valence-electron chi connectivity index (χ3n) is 3.42. The van der Waals surface area contributed by atoms with E-state index in [9.17, 15) is 9.59 Å². The van der Waals surface area contributed by atoms with Gasteiger partial charge in [-0.2, -0.15) is 0 Å². The molecule has 1 aliphatic heterocycles. The van der Waals surface area contributed by atoms with Crippen molar-refractivity contribution in [1.29, 1.82) is 0 Å². The zero-order chi connectivity index (χ0) is 15.1. The summed E-state index contributed by atoms with van der Waals surface area (Å²) in [5.74, 6) is 1.82. The number of anilines is 1. The van der Waals surface area contributed by atoms with E-state index in [2.05, 4.69) is 11.2 Å². The summed E-state index contributed by atoms with van der Waals surface area (Å²) in [5.41, 5.74) is 0.793. The van der Waals surface area contributed by atoms with Crippen LogP contribution in [0.25, 0.3) is 0 Å².